The Balaban J connectivity index is 1.87. The van der Waals surface area contributed by atoms with Crippen LogP contribution >= 0.6 is 11.6 Å². The summed E-state index contributed by atoms with van der Waals surface area (Å²) in [5.74, 6) is 2.16. The SMILES string of the molecule is C=C(F)C(=O)Nc1ccc(-c2c(-c3ccc(C(=O)NCC(F)(F)F)c(Cl)c3)c3c(N)ncc(C#CC(=O)N(C)CCN(CC)CC)c3n2C)cc1. The number of benzene rings is 2. The van der Waals surface area contributed by atoms with Gasteiger partial charge in [0.1, 0.15) is 12.4 Å². The van der Waals surface area contributed by atoms with Crippen LogP contribution in [0, 0.1) is 11.8 Å². The number of amides is 3. The van der Waals surface area contributed by atoms with Crippen LogP contribution in [0.4, 0.5) is 29.1 Å². The van der Waals surface area contributed by atoms with Crippen LogP contribution < -0.4 is 16.4 Å². The highest BCUT2D eigenvalue weighted by molar-refractivity contribution is 6.34. The van der Waals surface area contributed by atoms with Gasteiger partial charge in [-0.15, -0.1) is 0 Å². The van der Waals surface area contributed by atoms with Gasteiger partial charge in [-0.1, -0.05) is 56.1 Å². The molecule has 10 nitrogen and oxygen atoms in total. The Kier molecular flexibility index (Phi) is 12.1. The van der Waals surface area contributed by atoms with Crippen molar-refractivity contribution in [2.75, 3.05) is 50.8 Å². The van der Waals surface area contributed by atoms with Crippen molar-refractivity contribution >= 4 is 51.7 Å². The first-order valence-corrected chi connectivity index (χ1v) is 16.1. The van der Waals surface area contributed by atoms with Crippen LogP contribution in [0.15, 0.2) is 61.1 Å². The molecule has 0 spiro atoms. The maximum atomic E-state index is 13.3. The van der Waals surface area contributed by atoms with Crippen LogP contribution in [-0.4, -0.2) is 83.0 Å². The Morgan fingerprint density at radius 3 is 2.29 bits per heavy atom. The molecule has 0 aliphatic heterocycles. The number of aryl methyl sites for hydroxylation is 1. The number of nitrogens with two attached hydrogens (primary N) is 1. The van der Waals surface area contributed by atoms with Gasteiger partial charge >= 0.3 is 6.18 Å². The van der Waals surface area contributed by atoms with Gasteiger partial charge < -0.3 is 30.7 Å². The molecule has 4 aromatic rings. The number of rotatable bonds is 11. The van der Waals surface area contributed by atoms with Gasteiger partial charge in [0, 0.05) is 50.6 Å². The van der Waals surface area contributed by atoms with Crippen LogP contribution in [0.1, 0.15) is 29.8 Å². The Morgan fingerprint density at radius 1 is 1.06 bits per heavy atom. The molecule has 3 amide bonds. The molecule has 15 heteroatoms. The molecule has 0 saturated carbocycles. The first kappa shape index (κ1) is 38.4. The number of fused-ring (bicyclic) bond motifs is 1. The number of nitrogens with one attached hydrogen (secondary N) is 2. The lowest BCUT2D eigenvalue weighted by molar-refractivity contribution is -0.124. The fourth-order valence-electron chi connectivity index (χ4n) is 5.41. The minimum absolute atomic E-state index is 0.100. The fraction of sp³-hybridized carbons (Fsp3) is 0.278. The topological polar surface area (TPSA) is 126 Å². The maximum Gasteiger partial charge on any atom is 0.405 e. The van der Waals surface area contributed by atoms with Crippen LogP contribution in [-0.2, 0) is 16.6 Å². The van der Waals surface area contributed by atoms with E-state index in [1.807, 2.05) is 19.2 Å². The molecule has 0 bridgehead atoms. The Hall–Kier alpha value is -5.39. The van der Waals surface area contributed by atoms with Crippen LogP contribution in [0.3, 0.4) is 0 Å². The van der Waals surface area contributed by atoms with E-state index in [0.717, 1.165) is 13.1 Å². The predicted molar refractivity (Wildman–Crippen MR) is 191 cm³/mol. The van der Waals surface area contributed by atoms with Crippen molar-refractivity contribution in [3.8, 4) is 34.2 Å². The largest absolute Gasteiger partial charge is 0.405 e. The monoisotopic (exact) mass is 725 g/mol. The van der Waals surface area contributed by atoms with Crippen molar-refractivity contribution in [2.24, 2.45) is 7.05 Å². The van der Waals surface area contributed by atoms with Gasteiger partial charge in [-0.3, -0.25) is 14.4 Å². The number of carbonyl (C=O) groups is 3. The van der Waals surface area contributed by atoms with Gasteiger partial charge in [-0.05, 0) is 48.5 Å². The average Bonchev–Trinajstić information content (AvgIpc) is 3.40. The molecule has 0 aliphatic carbocycles. The van der Waals surface area contributed by atoms with Crippen molar-refractivity contribution in [3.63, 3.8) is 0 Å². The minimum Gasteiger partial charge on any atom is -0.383 e. The van der Waals surface area contributed by atoms with Crippen molar-refractivity contribution < 1.29 is 31.9 Å². The Bertz CT molecular complexity index is 2050. The van der Waals surface area contributed by atoms with Gasteiger partial charge in [0.25, 0.3) is 17.7 Å². The minimum atomic E-state index is -4.62. The third-order valence-electron chi connectivity index (χ3n) is 8.15. The number of halogens is 5. The van der Waals surface area contributed by atoms with Crippen molar-refractivity contribution in [1.82, 2.24) is 24.7 Å². The fourth-order valence-corrected chi connectivity index (χ4v) is 5.68. The van der Waals surface area contributed by atoms with E-state index < -0.39 is 36.3 Å². The van der Waals surface area contributed by atoms with Crippen molar-refractivity contribution in [2.45, 2.75) is 20.0 Å². The average molecular weight is 726 g/mol. The quantitative estimate of drug-likeness (QED) is 0.0989. The highest BCUT2D eigenvalue weighted by Gasteiger charge is 2.29. The van der Waals surface area contributed by atoms with E-state index in [0.29, 0.717) is 51.9 Å². The maximum absolute atomic E-state index is 13.3. The number of carbonyl (C=O) groups excluding carboxylic acids is 3. The summed E-state index contributed by atoms with van der Waals surface area (Å²) in [4.78, 5) is 45.5. The van der Waals surface area contributed by atoms with E-state index in [9.17, 15) is 31.9 Å². The van der Waals surface area contributed by atoms with Gasteiger partial charge in [0.15, 0.2) is 5.83 Å². The molecule has 268 valence electrons. The zero-order chi connectivity index (χ0) is 37.6. The molecule has 0 atom stereocenters. The van der Waals surface area contributed by atoms with Crippen LogP contribution in [0.25, 0.3) is 33.3 Å². The lowest BCUT2D eigenvalue weighted by Crippen LogP contribution is -2.35. The molecule has 0 saturated heterocycles. The lowest BCUT2D eigenvalue weighted by Gasteiger charge is -2.21. The molecule has 51 heavy (non-hydrogen) atoms. The molecular weight excluding hydrogens is 690 g/mol. The number of alkyl halides is 3. The number of likely N-dealkylation sites (N-methyl/N-ethyl adjacent to an activating group) is 2. The number of pyridine rings is 1. The van der Waals surface area contributed by atoms with Crippen molar-refractivity contribution in [3.05, 3.63) is 77.2 Å². The highest BCUT2D eigenvalue weighted by Crippen LogP contribution is 2.44. The highest BCUT2D eigenvalue weighted by atomic mass is 35.5. The summed E-state index contributed by atoms with van der Waals surface area (Å²) in [5, 5.41) is 4.51. The molecular formula is C36H36ClF4N7O3. The number of hydrogen-bond acceptors (Lipinski definition) is 6. The van der Waals surface area contributed by atoms with E-state index >= 15 is 0 Å². The van der Waals surface area contributed by atoms with Crippen LogP contribution in [0.5, 0.6) is 0 Å². The van der Waals surface area contributed by atoms with E-state index in [1.165, 1.54) is 29.3 Å². The molecule has 4 rings (SSSR count). The van der Waals surface area contributed by atoms with Gasteiger partial charge in [0.2, 0.25) is 0 Å². The van der Waals surface area contributed by atoms with E-state index in [2.05, 4.69) is 33.6 Å². The third kappa shape index (κ3) is 9.05. The van der Waals surface area contributed by atoms with E-state index in [4.69, 9.17) is 17.3 Å². The summed E-state index contributed by atoms with van der Waals surface area (Å²) in [6.45, 7) is 8.41. The first-order chi connectivity index (χ1) is 24.1. The predicted octanol–water partition coefficient (Wildman–Crippen LogP) is 6.01. The third-order valence-corrected chi connectivity index (χ3v) is 8.46. The number of aromatic nitrogens is 2. The Labute approximate surface area is 297 Å². The summed E-state index contributed by atoms with van der Waals surface area (Å²) >= 11 is 6.48. The van der Waals surface area contributed by atoms with Gasteiger partial charge in [-0.2, -0.15) is 13.2 Å². The molecule has 2 heterocycles. The number of nitrogens with zero attached hydrogens (tertiary/aromatic N) is 4. The zero-order valence-electron chi connectivity index (χ0n) is 28.3. The second kappa shape index (κ2) is 16.1. The lowest BCUT2D eigenvalue weighted by atomic mass is 9.96. The molecule has 2 aromatic carbocycles. The molecule has 2 aromatic heterocycles. The summed E-state index contributed by atoms with van der Waals surface area (Å²) < 4.78 is 53.4. The molecule has 0 aliphatic rings. The summed E-state index contributed by atoms with van der Waals surface area (Å²) in [5.41, 5.74) is 9.53. The standard InChI is InChI=1S/C36H36ClF4N7O3/c1-6-48(7-2)17-16-46(4)28(49)15-11-24-19-43-33(42)30-29(23-10-14-26(27(37)18-23)35(51)44-20-36(39,40)41)31(47(5)32(24)30)22-8-12-25(13-9-22)45-34(50)21(3)38/h8-10,12-14,18-19H,3,6-7,16-17,20H2,1-2,4-5H3,(H2,42,43)(H,44,51)(H,45,50). The van der Waals surface area contributed by atoms with E-state index in [-0.39, 0.29) is 22.1 Å². The molecule has 0 unspecified atom stereocenters. The summed E-state index contributed by atoms with van der Waals surface area (Å²) in [6.07, 6.45) is -3.17. The normalized spacial score (nSPS) is 11.3. The first-order valence-electron chi connectivity index (χ1n) is 15.7. The zero-order valence-corrected chi connectivity index (χ0v) is 29.1. The van der Waals surface area contributed by atoms with Gasteiger partial charge in [0.05, 0.1) is 32.7 Å². The van der Waals surface area contributed by atoms with Crippen molar-refractivity contribution in [1.29, 1.82) is 0 Å². The second-order valence-corrected chi connectivity index (χ2v) is 11.9. The second-order valence-electron chi connectivity index (χ2n) is 11.5. The number of nitrogen functional groups attached to an aromatic ring is 1. The summed E-state index contributed by atoms with van der Waals surface area (Å²) in [6, 6.07) is 10.7. The summed E-state index contributed by atoms with van der Waals surface area (Å²) in [7, 11) is 3.41. The number of hydrogen-bond donors (Lipinski definition) is 3. The van der Waals surface area contributed by atoms with Gasteiger partial charge in [-0.25, -0.2) is 9.37 Å². The number of anilines is 2. The smallest absolute Gasteiger partial charge is 0.383 e. The van der Waals surface area contributed by atoms with E-state index in [1.54, 1.807) is 42.9 Å². The Morgan fingerprint density at radius 2 is 1.71 bits per heavy atom. The molecule has 0 fully saturated rings. The molecule has 4 N–H and O–H groups in total. The van der Waals surface area contributed by atoms with Crippen LogP contribution in [0.2, 0.25) is 5.02 Å². The molecule has 0 radical (unpaired) electrons.